The molecule has 80 heavy (non-hydrogen) atoms. The van der Waals surface area contributed by atoms with Gasteiger partial charge in [-0.25, -0.2) is 4.79 Å². The predicted molar refractivity (Wildman–Crippen MR) is 308 cm³/mol. The lowest BCUT2D eigenvalue weighted by Crippen LogP contribution is -2.51. The lowest BCUT2D eigenvalue weighted by Gasteiger charge is -2.40. The van der Waals surface area contributed by atoms with Crippen LogP contribution in [0.25, 0.3) is 0 Å². The van der Waals surface area contributed by atoms with Crippen LogP contribution in [0.2, 0.25) is 18.1 Å². The Balaban J connectivity index is 1.27. The van der Waals surface area contributed by atoms with Crippen LogP contribution in [0.3, 0.4) is 0 Å². The average molecular weight is 1070 g/mol. The Kier molecular flexibility index (Phi) is 20.5. The van der Waals surface area contributed by atoms with Crippen molar-refractivity contribution < 1.29 is 38.0 Å². The van der Waals surface area contributed by atoms with Crippen molar-refractivity contribution in [3.05, 3.63) is 157 Å². The van der Waals surface area contributed by atoms with Crippen molar-refractivity contribution in [3.8, 4) is 148 Å². The third-order valence-electron chi connectivity index (χ3n) is 13.0. The average Bonchev–Trinajstić information content (AvgIpc) is 3.85. The molecule has 2 heterocycles. The van der Waals surface area contributed by atoms with Crippen molar-refractivity contribution in [1.82, 2.24) is 9.13 Å². The molecule has 394 valence electrons. The fourth-order valence-corrected chi connectivity index (χ4v) is 9.03. The highest BCUT2D eigenvalue weighted by molar-refractivity contribution is 6.74. The van der Waals surface area contributed by atoms with Crippen LogP contribution in [-0.4, -0.2) is 67.6 Å². The Hall–Kier alpha value is -10.2. The van der Waals surface area contributed by atoms with Crippen LogP contribution in [0.1, 0.15) is 65.2 Å². The summed E-state index contributed by atoms with van der Waals surface area (Å²) in [6, 6.07) is 28.6. The summed E-state index contributed by atoms with van der Waals surface area (Å²) >= 11 is 0. The van der Waals surface area contributed by atoms with Gasteiger partial charge in [-0.3, -0.25) is 14.2 Å². The molecule has 1 aliphatic heterocycles. The maximum absolute atomic E-state index is 14.7. The molecule has 1 unspecified atom stereocenters. The first kappa shape index (κ1) is 59.1. The largest absolute Gasteiger partial charge is 0.497 e. The summed E-state index contributed by atoms with van der Waals surface area (Å²) < 4.78 is 39.1. The van der Waals surface area contributed by atoms with E-state index >= 15 is 0 Å². The van der Waals surface area contributed by atoms with Crippen LogP contribution in [0, 0.1) is 145 Å². The Morgan fingerprint density at radius 1 is 0.675 bits per heavy atom. The third kappa shape index (κ3) is 14.7. The van der Waals surface area contributed by atoms with Gasteiger partial charge in [0, 0.05) is 88.9 Å². The van der Waals surface area contributed by atoms with Crippen LogP contribution >= 0.6 is 0 Å². The van der Waals surface area contributed by atoms with Crippen LogP contribution in [0.4, 0.5) is 0 Å². The zero-order chi connectivity index (χ0) is 57.7. The fraction of sp³-hybridized carbons (Fsp3) is 0.239. The number of aromatic nitrogens is 2. The number of aliphatic hydroxyl groups is 1. The third-order valence-corrected chi connectivity index (χ3v) is 17.4. The van der Waals surface area contributed by atoms with E-state index in [9.17, 15) is 19.5 Å². The number of aliphatic hydroxyl groups excluding tert-OH is 1. The highest BCUT2D eigenvalue weighted by Gasteiger charge is 2.52. The number of terminal acetylenes is 1. The Morgan fingerprint density at radius 3 is 1.62 bits per heavy atom. The lowest BCUT2D eigenvalue weighted by molar-refractivity contribution is -0.0958. The minimum Gasteiger partial charge on any atom is -0.497 e. The van der Waals surface area contributed by atoms with E-state index in [1.807, 2.05) is 113 Å². The minimum absolute atomic E-state index is 0.0410. The normalized spacial score (nSPS) is 14.6. The lowest BCUT2D eigenvalue weighted by atomic mass is 9.80. The van der Waals surface area contributed by atoms with Crippen molar-refractivity contribution in [1.29, 1.82) is 0 Å². The summed E-state index contributed by atoms with van der Waals surface area (Å²) in [5.74, 6) is 50.0. The molecule has 1 fully saturated rings. The molecule has 0 aliphatic carbocycles. The predicted octanol–water partition coefficient (Wildman–Crippen LogP) is 6.99. The van der Waals surface area contributed by atoms with Gasteiger partial charge in [-0.1, -0.05) is 75.4 Å². The van der Waals surface area contributed by atoms with Crippen molar-refractivity contribution in [3.63, 3.8) is 0 Å². The number of hydrogen-bond donors (Lipinski definition) is 1. The second-order valence-corrected chi connectivity index (χ2v) is 23.6. The van der Waals surface area contributed by atoms with Crippen molar-refractivity contribution in [2.24, 2.45) is 0 Å². The molecule has 13 heteroatoms. The van der Waals surface area contributed by atoms with E-state index in [1.165, 1.54) is 18.3 Å². The molecule has 0 saturated carbocycles. The van der Waals surface area contributed by atoms with Gasteiger partial charge in [0.2, 0.25) is 0 Å². The highest BCUT2D eigenvalue weighted by atomic mass is 28.4. The van der Waals surface area contributed by atoms with Gasteiger partial charge >= 0.3 is 5.69 Å². The molecule has 1 aliphatic rings. The second kappa shape index (κ2) is 27.8. The van der Waals surface area contributed by atoms with Crippen molar-refractivity contribution >= 4 is 14.2 Å². The SMILES string of the molecule is C#CC#CC#CC#CC#CC#CC#CC#CC#CC#CC#COc1cc(C(=O)n2c(=O)ccn([C@@H]3O[C@H](COC(c4ccccc4)(c4ccc(OC)cc4)c4ccc(OC)cc4)[C@H](O)C3O[Si](C)(C)C(C)(C)C)c2=O)cc(C)c1C. The van der Waals surface area contributed by atoms with E-state index in [-0.39, 0.29) is 23.0 Å². The summed E-state index contributed by atoms with van der Waals surface area (Å²) in [4.78, 5) is 42.8. The maximum Gasteiger partial charge on any atom is 0.340 e. The van der Waals surface area contributed by atoms with Crippen LogP contribution < -0.4 is 25.5 Å². The fourth-order valence-electron chi connectivity index (χ4n) is 7.74. The van der Waals surface area contributed by atoms with E-state index < -0.39 is 55.6 Å². The maximum atomic E-state index is 14.7. The Labute approximate surface area is 468 Å². The van der Waals surface area contributed by atoms with E-state index in [1.54, 1.807) is 28.1 Å². The Bertz CT molecular complexity index is 3960. The van der Waals surface area contributed by atoms with Crippen LogP contribution in [0.15, 0.2) is 113 Å². The smallest absolute Gasteiger partial charge is 0.340 e. The number of nitrogens with zero attached hydrogens (tertiary/aromatic N) is 2. The number of ether oxygens (including phenoxy) is 5. The topological polar surface area (TPSA) is 137 Å². The quantitative estimate of drug-likeness (QED) is 0.0747. The molecule has 0 radical (unpaired) electrons. The Morgan fingerprint density at radius 2 is 1.15 bits per heavy atom. The first-order valence-corrected chi connectivity index (χ1v) is 27.5. The second-order valence-electron chi connectivity index (χ2n) is 18.8. The van der Waals surface area contributed by atoms with Gasteiger partial charge in [0.05, 0.1) is 20.8 Å². The molecule has 0 amide bonds. The molecular weight excluding hydrogens is 1020 g/mol. The summed E-state index contributed by atoms with van der Waals surface area (Å²) in [7, 11) is 0.432. The van der Waals surface area contributed by atoms with Gasteiger partial charge in [-0.15, -0.1) is 6.42 Å². The van der Waals surface area contributed by atoms with Gasteiger partial charge in [-0.05, 0) is 144 Å². The highest BCUT2D eigenvalue weighted by Crippen LogP contribution is 2.45. The zero-order valence-electron chi connectivity index (χ0n) is 45.4. The number of methoxy groups -OCH3 is 2. The molecule has 0 bridgehead atoms. The molecule has 4 aromatic carbocycles. The zero-order valence-corrected chi connectivity index (χ0v) is 46.4. The van der Waals surface area contributed by atoms with Gasteiger partial charge in [0.15, 0.2) is 14.5 Å². The molecule has 5 aromatic rings. The van der Waals surface area contributed by atoms with Gasteiger partial charge < -0.3 is 33.2 Å². The van der Waals surface area contributed by atoms with E-state index in [4.69, 9.17) is 34.5 Å². The molecular formula is C67H52N2O10Si. The molecule has 1 N–H and O–H groups in total. The minimum atomic E-state index is -2.75. The van der Waals surface area contributed by atoms with Gasteiger partial charge in [-0.2, -0.15) is 4.57 Å². The monoisotopic (exact) mass is 1070 g/mol. The van der Waals surface area contributed by atoms with Crippen LogP contribution in [0.5, 0.6) is 17.2 Å². The number of rotatable bonds is 13. The number of carbonyl (C=O) groups is 1. The van der Waals surface area contributed by atoms with Crippen LogP contribution in [-0.2, 0) is 19.5 Å². The van der Waals surface area contributed by atoms with Crippen molar-refractivity contribution in [2.45, 2.75) is 82.9 Å². The summed E-state index contributed by atoms with van der Waals surface area (Å²) in [5, 5.41) is 12.1. The van der Waals surface area contributed by atoms with E-state index in [0.717, 1.165) is 27.3 Å². The first-order valence-electron chi connectivity index (χ1n) is 24.6. The summed E-state index contributed by atoms with van der Waals surface area (Å²) in [5.41, 5.74) is 0.257. The molecule has 4 atom stereocenters. The molecule has 0 spiro atoms. The standard InChI is InChI=1S/C67H52N2O10Si/c1-11-12-13-14-15-16-17-18-19-20-21-22-23-24-25-26-27-28-29-33-46-76-58-48-52(47-50(2)51(58)3)63(72)69-60(70)44-45-68(65(69)73)64-62(79-80(9,10)66(4,5)6)61(71)59(78-64)49-77-67(53-34-31-30-32-35-53,54-36-40-56(74-7)41-37-54)55-38-42-57(75-8)43-39-55/h1,30-32,34-45,47-48,59,61-62,64,71H,49H2,2-10H3/t59-,61+,62?,64-/m1/s1. The molecule has 12 nitrogen and oxygen atoms in total. The molecule has 6 rings (SSSR count). The molecule has 1 saturated heterocycles. The van der Waals surface area contributed by atoms with E-state index in [0.29, 0.717) is 27.2 Å². The number of hydrogen-bond acceptors (Lipinski definition) is 10. The summed E-state index contributed by atoms with van der Waals surface area (Å²) in [6.45, 7) is 13.4. The first-order chi connectivity index (χ1) is 38.5. The number of carbonyl (C=O) groups excluding carboxylic acids is 1. The van der Waals surface area contributed by atoms with Gasteiger partial charge in [0.1, 0.15) is 47.3 Å². The summed E-state index contributed by atoms with van der Waals surface area (Å²) in [6.07, 6.45) is 3.76. The number of benzene rings is 4. The van der Waals surface area contributed by atoms with Crippen molar-refractivity contribution in [2.75, 3.05) is 20.8 Å². The molecule has 1 aromatic heterocycles. The van der Waals surface area contributed by atoms with E-state index in [2.05, 4.69) is 125 Å². The number of aryl methyl sites for hydroxylation is 1. The van der Waals surface area contributed by atoms with Gasteiger partial charge in [0.25, 0.3) is 11.5 Å².